The summed E-state index contributed by atoms with van der Waals surface area (Å²) in [5.74, 6) is -1.56. The van der Waals surface area contributed by atoms with E-state index in [1.54, 1.807) is 6.08 Å². The smallest absolute Gasteiger partial charge is 0.267 e. The molecule has 0 saturated heterocycles. The van der Waals surface area contributed by atoms with Crippen molar-refractivity contribution < 1.29 is 28.0 Å². The Morgan fingerprint density at radius 1 is 0.587 bits per heavy atom. The van der Waals surface area contributed by atoms with Gasteiger partial charge >= 0.3 is 0 Å². The first-order valence-electron chi connectivity index (χ1n) is 18.8. The van der Waals surface area contributed by atoms with E-state index in [2.05, 4.69) is 43.5 Å². The topological polar surface area (TPSA) is 124 Å². The average molecular weight is 670 g/mol. The minimum atomic E-state index is -4.45. The quantitative estimate of drug-likeness (QED) is 0.0313. The van der Waals surface area contributed by atoms with Crippen molar-refractivity contribution in [3.63, 3.8) is 0 Å². The zero-order valence-corrected chi connectivity index (χ0v) is 30.4. The van der Waals surface area contributed by atoms with Gasteiger partial charge in [0.05, 0.1) is 17.9 Å². The number of rotatable bonds is 33. The highest BCUT2D eigenvalue weighted by Gasteiger charge is 2.27. The molecule has 0 bridgehead atoms. The summed E-state index contributed by atoms with van der Waals surface area (Å²) >= 11 is 0. The Kier molecular flexibility index (Phi) is 31.1. The number of carbonyl (C=O) groups excluding carboxylic acids is 1. The molecule has 3 atom stereocenters. The van der Waals surface area contributed by atoms with Gasteiger partial charge in [0, 0.05) is 0 Å². The summed E-state index contributed by atoms with van der Waals surface area (Å²) in [5.41, 5.74) is 0. The molecule has 4 N–H and O–H groups in total. The maximum atomic E-state index is 12.5. The van der Waals surface area contributed by atoms with Crippen molar-refractivity contribution in [1.82, 2.24) is 5.32 Å². The van der Waals surface area contributed by atoms with Gasteiger partial charge in [0.15, 0.2) is 0 Å². The van der Waals surface area contributed by atoms with E-state index in [1.165, 1.54) is 102 Å². The predicted molar refractivity (Wildman–Crippen MR) is 195 cm³/mol. The Morgan fingerprint density at radius 2 is 0.978 bits per heavy atom. The van der Waals surface area contributed by atoms with Crippen molar-refractivity contribution in [3.8, 4) is 0 Å². The number of hydrogen-bond acceptors (Lipinski definition) is 5. The number of aliphatic hydroxyl groups excluding tert-OH is 2. The molecule has 0 saturated carbocycles. The van der Waals surface area contributed by atoms with Gasteiger partial charge in [-0.2, -0.15) is 8.42 Å². The molecule has 0 aliphatic rings. The van der Waals surface area contributed by atoms with Crippen molar-refractivity contribution in [3.05, 3.63) is 36.5 Å². The zero-order chi connectivity index (χ0) is 34.1. The summed E-state index contributed by atoms with van der Waals surface area (Å²) in [6, 6.07) is -1.25. The van der Waals surface area contributed by atoms with Gasteiger partial charge in [-0.15, -0.1) is 0 Å². The largest absolute Gasteiger partial charge is 0.387 e. The lowest BCUT2D eigenvalue weighted by molar-refractivity contribution is -0.130. The van der Waals surface area contributed by atoms with Crippen LogP contribution in [0.5, 0.6) is 0 Å². The van der Waals surface area contributed by atoms with Crippen LogP contribution >= 0.6 is 0 Å². The maximum absolute atomic E-state index is 12.5. The SMILES string of the molecule is CCCC/C=C/CC/C=C/CC/C=C/C(O)C(CS(=O)(=O)O)NC(=O)C(O)CCCCCCCCCCCCCCCCCCC. The van der Waals surface area contributed by atoms with Crippen LogP contribution in [0.15, 0.2) is 36.5 Å². The van der Waals surface area contributed by atoms with Crippen LogP contribution in [0.1, 0.15) is 174 Å². The fourth-order valence-corrected chi connectivity index (χ4v) is 6.21. The van der Waals surface area contributed by atoms with Crippen molar-refractivity contribution in [2.24, 2.45) is 0 Å². The molecule has 46 heavy (non-hydrogen) atoms. The van der Waals surface area contributed by atoms with Crippen molar-refractivity contribution >= 4 is 16.0 Å². The first-order chi connectivity index (χ1) is 22.2. The van der Waals surface area contributed by atoms with Crippen LogP contribution in [0.2, 0.25) is 0 Å². The van der Waals surface area contributed by atoms with Gasteiger partial charge in [0.25, 0.3) is 10.1 Å². The van der Waals surface area contributed by atoms with Gasteiger partial charge in [-0.05, 0) is 38.5 Å². The fraction of sp³-hybridized carbons (Fsp3) is 0.816. The Morgan fingerprint density at radius 3 is 1.41 bits per heavy atom. The van der Waals surface area contributed by atoms with Crippen LogP contribution in [-0.4, -0.2) is 53.1 Å². The predicted octanol–water partition coefficient (Wildman–Crippen LogP) is 9.54. The molecule has 3 unspecified atom stereocenters. The molecule has 0 rings (SSSR count). The minimum absolute atomic E-state index is 0.274. The fourth-order valence-electron chi connectivity index (χ4n) is 5.47. The first-order valence-corrected chi connectivity index (χ1v) is 20.4. The Balaban J connectivity index is 4.10. The van der Waals surface area contributed by atoms with E-state index < -0.39 is 40.0 Å². The van der Waals surface area contributed by atoms with Gasteiger partial charge in [-0.1, -0.05) is 172 Å². The van der Waals surface area contributed by atoms with Gasteiger partial charge < -0.3 is 15.5 Å². The van der Waals surface area contributed by atoms with E-state index >= 15 is 0 Å². The molecule has 0 aromatic carbocycles. The summed E-state index contributed by atoms with van der Waals surface area (Å²) < 4.78 is 32.4. The number of allylic oxidation sites excluding steroid dienone is 5. The molecule has 0 spiro atoms. The van der Waals surface area contributed by atoms with Crippen LogP contribution < -0.4 is 5.32 Å². The molecular weight excluding hydrogens is 598 g/mol. The van der Waals surface area contributed by atoms with Crippen LogP contribution in [0.4, 0.5) is 0 Å². The summed E-state index contributed by atoms with van der Waals surface area (Å²) in [6.45, 7) is 4.44. The van der Waals surface area contributed by atoms with Gasteiger partial charge in [0.2, 0.25) is 5.91 Å². The first kappa shape index (κ1) is 44.5. The van der Waals surface area contributed by atoms with Crippen molar-refractivity contribution in [2.75, 3.05) is 5.75 Å². The molecule has 7 nitrogen and oxygen atoms in total. The van der Waals surface area contributed by atoms with E-state index in [1.807, 2.05) is 0 Å². The highest BCUT2D eigenvalue weighted by atomic mass is 32.2. The molecule has 270 valence electrons. The number of amides is 1. The number of aliphatic hydroxyl groups is 2. The van der Waals surface area contributed by atoms with Crippen molar-refractivity contribution in [2.45, 2.75) is 193 Å². The van der Waals surface area contributed by atoms with Crippen LogP contribution in [0, 0.1) is 0 Å². The van der Waals surface area contributed by atoms with Gasteiger partial charge in [-0.25, -0.2) is 0 Å². The normalized spacial score (nSPS) is 14.5. The maximum Gasteiger partial charge on any atom is 0.267 e. The Labute approximate surface area is 283 Å². The molecule has 0 aromatic rings. The summed E-state index contributed by atoms with van der Waals surface area (Å²) in [7, 11) is -4.45. The van der Waals surface area contributed by atoms with Crippen molar-refractivity contribution in [1.29, 1.82) is 0 Å². The van der Waals surface area contributed by atoms with Crippen LogP contribution in [-0.2, 0) is 14.9 Å². The second-order valence-electron chi connectivity index (χ2n) is 13.0. The molecule has 0 radical (unpaired) electrons. The number of carbonyl (C=O) groups is 1. The summed E-state index contributed by atoms with van der Waals surface area (Å²) in [6.07, 6.45) is 37.7. The Hall–Kier alpha value is -1.48. The standard InChI is InChI=1S/C38H71NO6S/c1-3-5-7-9-11-13-15-17-18-19-20-21-23-25-27-29-31-33-37(41)38(42)39-35(34-46(43,44)45)36(40)32-30-28-26-24-22-16-14-12-10-8-6-4-2/h10,12,22,24,30,32,35-37,40-41H,3-9,11,13-21,23,25-29,31,33-34H2,1-2H3,(H,39,42)(H,43,44,45)/b12-10+,24-22+,32-30+. The van der Waals surface area contributed by atoms with E-state index in [-0.39, 0.29) is 6.42 Å². The summed E-state index contributed by atoms with van der Waals surface area (Å²) in [5, 5.41) is 23.3. The van der Waals surface area contributed by atoms with Crippen LogP contribution in [0.3, 0.4) is 0 Å². The van der Waals surface area contributed by atoms with E-state index in [4.69, 9.17) is 0 Å². The Bertz CT molecular complexity index is 886. The third-order valence-corrected chi connectivity index (χ3v) is 9.19. The lowest BCUT2D eigenvalue weighted by Crippen LogP contribution is -2.50. The molecule has 8 heteroatoms. The van der Waals surface area contributed by atoms with Gasteiger partial charge in [-0.3, -0.25) is 9.35 Å². The van der Waals surface area contributed by atoms with Gasteiger partial charge in [0.1, 0.15) is 6.10 Å². The van der Waals surface area contributed by atoms with Crippen LogP contribution in [0.25, 0.3) is 0 Å². The third-order valence-electron chi connectivity index (χ3n) is 8.40. The molecule has 0 fully saturated rings. The zero-order valence-electron chi connectivity index (χ0n) is 29.6. The second kappa shape index (κ2) is 32.1. The lowest BCUT2D eigenvalue weighted by Gasteiger charge is -2.22. The molecule has 1 amide bonds. The molecule has 0 heterocycles. The second-order valence-corrected chi connectivity index (χ2v) is 14.5. The summed E-state index contributed by atoms with van der Waals surface area (Å²) in [4.78, 5) is 12.5. The number of nitrogens with one attached hydrogen (secondary N) is 1. The molecular formula is C38H71NO6S. The van der Waals surface area contributed by atoms with E-state index in [0.717, 1.165) is 44.9 Å². The third kappa shape index (κ3) is 31.1. The average Bonchev–Trinajstić information content (AvgIpc) is 3.01. The minimum Gasteiger partial charge on any atom is -0.387 e. The number of hydrogen-bond donors (Lipinski definition) is 4. The lowest BCUT2D eigenvalue weighted by atomic mass is 10.0. The highest BCUT2D eigenvalue weighted by Crippen LogP contribution is 2.15. The molecule has 0 aromatic heterocycles. The number of unbranched alkanes of at least 4 members (excludes halogenated alkanes) is 20. The van der Waals surface area contributed by atoms with E-state index in [0.29, 0.717) is 12.8 Å². The highest BCUT2D eigenvalue weighted by molar-refractivity contribution is 7.85. The molecule has 0 aliphatic heterocycles. The molecule has 0 aliphatic carbocycles. The van der Waals surface area contributed by atoms with E-state index in [9.17, 15) is 28.0 Å². The monoisotopic (exact) mass is 670 g/mol.